The lowest BCUT2D eigenvalue weighted by Gasteiger charge is -2.35. The Kier molecular flexibility index (Phi) is 7.75. The summed E-state index contributed by atoms with van der Waals surface area (Å²) in [4.78, 5) is 12.3. The van der Waals surface area contributed by atoms with Crippen LogP contribution in [0.1, 0.15) is 36.9 Å². The van der Waals surface area contributed by atoms with Crippen molar-refractivity contribution in [3.63, 3.8) is 0 Å². The van der Waals surface area contributed by atoms with E-state index >= 15 is 0 Å². The van der Waals surface area contributed by atoms with Gasteiger partial charge in [-0.05, 0) is 57.7 Å². The van der Waals surface area contributed by atoms with Gasteiger partial charge in [-0.2, -0.15) is 0 Å². The van der Waals surface area contributed by atoms with Crippen molar-refractivity contribution in [2.45, 2.75) is 44.6 Å². The highest BCUT2D eigenvalue weighted by atomic mass is 35.5. The highest BCUT2D eigenvalue weighted by molar-refractivity contribution is 5.86. The number of benzene rings is 1. The van der Waals surface area contributed by atoms with E-state index in [1.807, 2.05) is 25.2 Å². The van der Waals surface area contributed by atoms with Crippen molar-refractivity contribution >= 4 is 42.0 Å². The molecule has 1 aliphatic heterocycles. The summed E-state index contributed by atoms with van der Waals surface area (Å²) in [5.41, 5.74) is 17.0. The topological polar surface area (TPSA) is 93.1 Å². The first kappa shape index (κ1) is 22.5. The Hall–Kier alpha value is -1.76. The number of nitrogen functional groups attached to an aromatic ring is 2. The highest BCUT2D eigenvalue weighted by Gasteiger charge is 2.26. The van der Waals surface area contributed by atoms with Crippen molar-refractivity contribution in [1.82, 2.24) is 15.3 Å². The summed E-state index contributed by atoms with van der Waals surface area (Å²) in [6.07, 6.45) is 6.85. The van der Waals surface area contributed by atoms with E-state index in [-0.39, 0.29) is 24.8 Å². The smallest absolute Gasteiger partial charge is 0.165 e. The first-order valence-electron chi connectivity index (χ1n) is 9.63. The van der Waals surface area contributed by atoms with Crippen LogP contribution in [0.25, 0.3) is 11.4 Å². The molecule has 2 aliphatic rings. The maximum absolute atomic E-state index is 6.22. The Labute approximate surface area is 179 Å². The lowest BCUT2D eigenvalue weighted by atomic mass is 9.94. The average molecular weight is 425 g/mol. The molecule has 0 radical (unpaired) electrons. The van der Waals surface area contributed by atoms with Gasteiger partial charge in [-0.25, -0.2) is 9.97 Å². The molecule has 1 unspecified atom stereocenters. The van der Waals surface area contributed by atoms with E-state index in [9.17, 15) is 0 Å². The van der Waals surface area contributed by atoms with Gasteiger partial charge >= 0.3 is 0 Å². The van der Waals surface area contributed by atoms with E-state index in [1.54, 1.807) is 0 Å². The molecule has 1 saturated heterocycles. The van der Waals surface area contributed by atoms with Gasteiger partial charge in [0, 0.05) is 41.8 Å². The number of fused-ring (bicyclic) bond motifs is 1. The van der Waals surface area contributed by atoms with Crippen molar-refractivity contribution in [3.05, 3.63) is 29.5 Å². The molecular weight excluding hydrogens is 395 g/mol. The van der Waals surface area contributed by atoms with Gasteiger partial charge in [0.05, 0.1) is 5.56 Å². The molecule has 28 heavy (non-hydrogen) atoms. The lowest BCUT2D eigenvalue weighted by molar-refractivity contribution is 0.446. The molecule has 0 spiro atoms. The minimum atomic E-state index is 0. The number of likely N-dealkylation sites (N-methyl/N-ethyl adjacent to an activating group) is 1. The maximum atomic E-state index is 6.22. The fourth-order valence-corrected chi connectivity index (χ4v) is 4.20. The molecule has 154 valence electrons. The maximum Gasteiger partial charge on any atom is 0.165 e. The van der Waals surface area contributed by atoms with Gasteiger partial charge in [-0.1, -0.05) is 6.07 Å². The summed E-state index contributed by atoms with van der Waals surface area (Å²) in [6.45, 7) is 2.03. The standard InChI is InChI=1S/C20H28N6.2ClH/c1-23-13-6-5-11-26(12-13)20-14-7-2-3-10-17(14)24-19(25-20)18-15(21)8-4-9-16(18)22;;/h4,8-9,13,23H,2-3,5-7,10-12,21-22H2,1H3;2*1H. The molecule has 6 nitrogen and oxygen atoms in total. The predicted molar refractivity (Wildman–Crippen MR) is 122 cm³/mol. The molecule has 2 heterocycles. The monoisotopic (exact) mass is 424 g/mol. The number of hydrogen-bond acceptors (Lipinski definition) is 6. The van der Waals surface area contributed by atoms with Gasteiger partial charge in [0.25, 0.3) is 0 Å². The molecular formula is C20H30Cl2N6. The number of rotatable bonds is 3. The van der Waals surface area contributed by atoms with Crippen LogP contribution < -0.4 is 21.7 Å². The van der Waals surface area contributed by atoms with Crippen molar-refractivity contribution in [2.24, 2.45) is 0 Å². The third-order valence-corrected chi connectivity index (χ3v) is 5.64. The first-order chi connectivity index (χ1) is 12.7. The molecule has 1 fully saturated rings. The summed E-state index contributed by atoms with van der Waals surface area (Å²) in [5, 5.41) is 3.42. The third-order valence-electron chi connectivity index (χ3n) is 5.64. The van der Waals surface area contributed by atoms with Gasteiger partial charge in [-0.3, -0.25) is 0 Å². The van der Waals surface area contributed by atoms with Gasteiger partial charge in [0.2, 0.25) is 0 Å². The molecule has 1 atom stereocenters. The fourth-order valence-electron chi connectivity index (χ4n) is 4.20. The highest BCUT2D eigenvalue weighted by Crippen LogP contribution is 2.35. The minimum absolute atomic E-state index is 0. The number of nitrogens with zero attached hydrogens (tertiary/aromatic N) is 3. The SMILES string of the molecule is CNC1CCCN(c2nc(-c3c(N)cccc3N)nc3c2CCCC3)C1.Cl.Cl. The van der Waals surface area contributed by atoms with Crippen LogP contribution in [0.4, 0.5) is 17.2 Å². The molecule has 2 aromatic rings. The molecule has 0 bridgehead atoms. The van der Waals surface area contributed by atoms with Crippen molar-refractivity contribution in [1.29, 1.82) is 0 Å². The van der Waals surface area contributed by atoms with Crippen LogP contribution in [0.15, 0.2) is 18.2 Å². The van der Waals surface area contributed by atoms with Crippen LogP contribution in [0.3, 0.4) is 0 Å². The zero-order chi connectivity index (χ0) is 18.1. The summed E-state index contributed by atoms with van der Waals surface area (Å²) in [6, 6.07) is 6.11. The minimum Gasteiger partial charge on any atom is -0.398 e. The third kappa shape index (κ3) is 4.29. The molecule has 1 aromatic carbocycles. The number of nitrogens with one attached hydrogen (secondary N) is 1. The van der Waals surface area contributed by atoms with E-state index in [0.29, 0.717) is 23.2 Å². The van der Waals surface area contributed by atoms with E-state index in [0.717, 1.165) is 37.3 Å². The Morgan fingerprint density at radius 3 is 2.46 bits per heavy atom. The molecule has 4 rings (SSSR count). The van der Waals surface area contributed by atoms with Gasteiger partial charge < -0.3 is 21.7 Å². The predicted octanol–water partition coefficient (Wildman–Crippen LogP) is 3.22. The number of anilines is 3. The van der Waals surface area contributed by atoms with Crippen LogP contribution in [0, 0.1) is 0 Å². The largest absolute Gasteiger partial charge is 0.398 e. The second-order valence-electron chi connectivity index (χ2n) is 7.39. The van der Waals surface area contributed by atoms with Gasteiger partial charge in [0.1, 0.15) is 5.82 Å². The van der Waals surface area contributed by atoms with Gasteiger partial charge in [-0.15, -0.1) is 24.8 Å². The van der Waals surface area contributed by atoms with Crippen LogP contribution in [0.5, 0.6) is 0 Å². The Balaban J connectivity index is 0.00000140. The molecule has 5 N–H and O–H groups in total. The number of nitrogens with two attached hydrogens (primary N) is 2. The first-order valence-corrected chi connectivity index (χ1v) is 9.63. The zero-order valence-corrected chi connectivity index (χ0v) is 17.9. The van der Waals surface area contributed by atoms with Crippen LogP contribution >= 0.6 is 24.8 Å². The molecule has 8 heteroatoms. The van der Waals surface area contributed by atoms with Crippen molar-refractivity contribution < 1.29 is 0 Å². The molecule has 1 aliphatic carbocycles. The van der Waals surface area contributed by atoms with E-state index in [4.69, 9.17) is 21.4 Å². The van der Waals surface area contributed by atoms with Crippen LogP contribution in [-0.4, -0.2) is 36.1 Å². The normalized spacial score (nSPS) is 18.6. The number of halogens is 2. The summed E-state index contributed by atoms with van der Waals surface area (Å²) < 4.78 is 0. The molecule has 0 saturated carbocycles. The van der Waals surface area contributed by atoms with Crippen molar-refractivity contribution in [2.75, 3.05) is 36.5 Å². The number of aromatic nitrogens is 2. The Morgan fingerprint density at radius 2 is 1.75 bits per heavy atom. The number of hydrogen-bond donors (Lipinski definition) is 3. The average Bonchev–Trinajstić information content (AvgIpc) is 2.67. The van der Waals surface area contributed by atoms with E-state index in [2.05, 4.69) is 10.2 Å². The Morgan fingerprint density at radius 1 is 1.04 bits per heavy atom. The quantitative estimate of drug-likeness (QED) is 0.654. The van der Waals surface area contributed by atoms with Gasteiger partial charge in [0.15, 0.2) is 5.82 Å². The van der Waals surface area contributed by atoms with Crippen LogP contribution in [-0.2, 0) is 12.8 Å². The molecule has 0 amide bonds. The fraction of sp³-hybridized carbons (Fsp3) is 0.500. The second kappa shape index (κ2) is 9.63. The molecule has 1 aromatic heterocycles. The van der Waals surface area contributed by atoms with E-state index < -0.39 is 0 Å². The lowest BCUT2D eigenvalue weighted by Crippen LogP contribution is -2.45. The summed E-state index contributed by atoms with van der Waals surface area (Å²) in [5.74, 6) is 1.76. The number of piperidine rings is 1. The zero-order valence-electron chi connectivity index (χ0n) is 16.3. The summed E-state index contributed by atoms with van der Waals surface area (Å²) >= 11 is 0. The second-order valence-corrected chi connectivity index (χ2v) is 7.39. The Bertz CT molecular complexity index is 793. The number of aryl methyl sites for hydroxylation is 1. The van der Waals surface area contributed by atoms with Crippen LogP contribution in [0.2, 0.25) is 0 Å². The van der Waals surface area contributed by atoms with Crippen molar-refractivity contribution in [3.8, 4) is 11.4 Å². The van der Waals surface area contributed by atoms with E-state index in [1.165, 1.54) is 36.9 Å². The summed E-state index contributed by atoms with van der Waals surface area (Å²) in [7, 11) is 2.04.